The number of hydrogen-bond donors (Lipinski definition) is 2. The van der Waals surface area contributed by atoms with E-state index < -0.39 is 11.4 Å². The summed E-state index contributed by atoms with van der Waals surface area (Å²) in [6.07, 6.45) is 4.66. The number of carboxylic acids is 1. The number of carbonyl (C=O) groups excluding carboxylic acids is 1. The Bertz CT molecular complexity index is 512. The van der Waals surface area contributed by atoms with Gasteiger partial charge in [-0.3, -0.25) is 9.59 Å². The van der Waals surface area contributed by atoms with Gasteiger partial charge in [-0.05, 0) is 44.4 Å². The van der Waals surface area contributed by atoms with E-state index in [2.05, 4.69) is 5.32 Å². The summed E-state index contributed by atoms with van der Waals surface area (Å²) in [6.45, 7) is 4.24. The average molecular weight is 323 g/mol. The van der Waals surface area contributed by atoms with Gasteiger partial charge >= 0.3 is 5.97 Å². The fourth-order valence-corrected chi connectivity index (χ4v) is 2.35. The van der Waals surface area contributed by atoms with Crippen LogP contribution in [0.3, 0.4) is 0 Å². The summed E-state index contributed by atoms with van der Waals surface area (Å²) in [7, 11) is 0. The Morgan fingerprint density at radius 1 is 1.04 bits per heavy atom. The van der Waals surface area contributed by atoms with Gasteiger partial charge in [-0.25, -0.2) is 4.39 Å². The van der Waals surface area contributed by atoms with Crippen molar-refractivity contribution < 1.29 is 19.1 Å². The lowest BCUT2D eigenvalue weighted by atomic mass is 9.83. The van der Waals surface area contributed by atoms with Gasteiger partial charge in [0.2, 0.25) is 5.91 Å². The van der Waals surface area contributed by atoms with E-state index in [9.17, 15) is 14.0 Å². The van der Waals surface area contributed by atoms with Gasteiger partial charge in [0.05, 0.1) is 5.41 Å². The summed E-state index contributed by atoms with van der Waals surface area (Å²) in [6, 6.07) is 6.00. The van der Waals surface area contributed by atoms with Crippen molar-refractivity contribution in [3.8, 4) is 0 Å². The molecule has 1 amide bonds. The Labute approximate surface area is 137 Å². The first-order chi connectivity index (χ1) is 10.8. The third-order valence-electron chi connectivity index (χ3n) is 3.99. The second kappa shape index (κ2) is 9.28. The molecule has 0 bridgehead atoms. The van der Waals surface area contributed by atoms with E-state index in [0.29, 0.717) is 13.0 Å². The molecular formula is C18H26FNO3. The largest absolute Gasteiger partial charge is 0.481 e. The second-order valence-corrected chi connectivity index (χ2v) is 6.30. The Morgan fingerprint density at radius 2 is 1.61 bits per heavy atom. The standard InChI is InChI=1S/C18H26FNO3/c1-18(2,14-9-11-15(19)12-10-14)17(23)20-13-7-5-3-4-6-8-16(21)22/h9-12H,3-8,13H2,1-2H3,(H,20,23)(H,21,22). The number of unbranched alkanes of at least 4 members (excludes halogenated alkanes) is 4. The van der Waals surface area contributed by atoms with E-state index in [4.69, 9.17) is 5.11 Å². The number of hydrogen-bond acceptors (Lipinski definition) is 2. The van der Waals surface area contributed by atoms with Crippen molar-refractivity contribution in [1.82, 2.24) is 5.32 Å². The van der Waals surface area contributed by atoms with Gasteiger partial charge in [0.15, 0.2) is 0 Å². The van der Waals surface area contributed by atoms with Crippen LogP contribution in [0.2, 0.25) is 0 Å². The zero-order valence-corrected chi connectivity index (χ0v) is 13.9. The molecule has 4 nitrogen and oxygen atoms in total. The van der Waals surface area contributed by atoms with Crippen molar-refractivity contribution in [3.05, 3.63) is 35.6 Å². The zero-order chi connectivity index (χ0) is 17.3. The molecule has 1 aromatic rings. The molecule has 0 aliphatic carbocycles. The van der Waals surface area contributed by atoms with Crippen LogP contribution in [-0.4, -0.2) is 23.5 Å². The molecular weight excluding hydrogens is 297 g/mol. The molecule has 0 aliphatic heterocycles. The van der Waals surface area contributed by atoms with Crippen molar-refractivity contribution in [2.45, 2.75) is 57.8 Å². The lowest BCUT2D eigenvalue weighted by molar-refractivity contribution is -0.137. The molecule has 1 aromatic carbocycles. The summed E-state index contributed by atoms with van der Waals surface area (Å²) in [5.74, 6) is -1.14. The van der Waals surface area contributed by atoms with Gasteiger partial charge < -0.3 is 10.4 Å². The summed E-state index contributed by atoms with van der Waals surface area (Å²) < 4.78 is 13.0. The smallest absolute Gasteiger partial charge is 0.303 e. The van der Waals surface area contributed by atoms with Crippen LogP contribution in [-0.2, 0) is 15.0 Å². The van der Waals surface area contributed by atoms with E-state index in [1.807, 2.05) is 13.8 Å². The molecule has 0 aliphatic rings. The Hall–Kier alpha value is -1.91. The number of benzene rings is 1. The number of carbonyl (C=O) groups is 2. The number of halogens is 1. The number of amides is 1. The SMILES string of the molecule is CC(C)(C(=O)NCCCCCCCC(=O)O)c1ccc(F)cc1. The van der Waals surface area contributed by atoms with Crippen LogP contribution in [0.4, 0.5) is 4.39 Å². The van der Waals surface area contributed by atoms with Gasteiger partial charge in [0.1, 0.15) is 5.82 Å². The van der Waals surface area contributed by atoms with Gasteiger partial charge in [-0.1, -0.05) is 31.4 Å². The van der Waals surface area contributed by atoms with E-state index in [-0.39, 0.29) is 18.1 Å². The fraction of sp³-hybridized carbons (Fsp3) is 0.556. The molecule has 0 saturated heterocycles. The first-order valence-corrected chi connectivity index (χ1v) is 8.10. The first-order valence-electron chi connectivity index (χ1n) is 8.10. The lowest BCUT2D eigenvalue weighted by Crippen LogP contribution is -2.40. The Balaban J connectivity index is 2.25. The molecule has 0 saturated carbocycles. The number of rotatable bonds is 10. The minimum absolute atomic E-state index is 0.0741. The normalized spacial score (nSPS) is 11.3. The highest BCUT2D eigenvalue weighted by Crippen LogP contribution is 2.23. The highest BCUT2D eigenvalue weighted by Gasteiger charge is 2.29. The highest BCUT2D eigenvalue weighted by molar-refractivity contribution is 5.87. The molecule has 1 rings (SSSR count). The summed E-state index contributed by atoms with van der Waals surface area (Å²) in [5, 5.41) is 11.5. The van der Waals surface area contributed by atoms with Gasteiger partial charge in [0, 0.05) is 13.0 Å². The van der Waals surface area contributed by atoms with Crippen LogP contribution >= 0.6 is 0 Å². The van der Waals surface area contributed by atoms with Crippen LogP contribution in [0, 0.1) is 5.82 Å². The number of carboxylic acid groups (broad SMARTS) is 1. The van der Waals surface area contributed by atoms with E-state index in [1.165, 1.54) is 12.1 Å². The molecule has 128 valence electrons. The third-order valence-corrected chi connectivity index (χ3v) is 3.99. The molecule has 0 radical (unpaired) electrons. The molecule has 0 fully saturated rings. The molecule has 2 N–H and O–H groups in total. The maximum atomic E-state index is 13.0. The molecule has 0 aromatic heterocycles. The predicted octanol–water partition coefficient (Wildman–Crippen LogP) is 3.64. The van der Waals surface area contributed by atoms with Gasteiger partial charge in [0.25, 0.3) is 0 Å². The minimum Gasteiger partial charge on any atom is -0.481 e. The van der Waals surface area contributed by atoms with Crippen LogP contribution in [0.1, 0.15) is 57.9 Å². The van der Waals surface area contributed by atoms with E-state index >= 15 is 0 Å². The van der Waals surface area contributed by atoms with Gasteiger partial charge in [-0.2, -0.15) is 0 Å². The summed E-state index contributed by atoms with van der Waals surface area (Å²) >= 11 is 0. The monoisotopic (exact) mass is 323 g/mol. The third kappa shape index (κ3) is 6.80. The average Bonchev–Trinajstić information content (AvgIpc) is 2.49. The van der Waals surface area contributed by atoms with Crippen LogP contribution in [0.15, 0.2) is 24.3 Å². The van der Waals surface area contributed by atoms with Crippen molar-refractivity contribution in [2.75, 3.05) is 6.54 Å². The quantitative estimate of drug-likeness (QED) is 0.646. The fourth-order valence-electron chi connectivity index (χ4n) is 2.35. The molecule has 23 heavy (non-hydrogen) atoms. The molecule has 0 atom stereocenters. The predicted molar refractivity (Wildman–Crippen MR) is 87.8 cm³/mol. The molecule has 0 unspecified atom stereocenters. The van der Waals surface area contributed by atoms with E-state index in [1.54, 1.807) is 12.1 Å². The van der Waals surface area contributed by atoms with Crippen LogP contribution < -0.4 is 5.32 Å². The second-order valence-electron chi connectivity index (χ2n) is 6.30. The molecule has 0 heterocycles. The topological polar surface area (TPSA) is 66.4 Å². The lowest BCUT2D eigenvalue weighted by Gasteiger charge is -2.24. The Kier molecular flexibility index (Phi) is 7.72. The number of nitrogens with one attached hydrogen (secondary N) is 1. The summed E-state index contributed by atoms with van der Waals surface area (Å²) in [4.78, 5) is 22.7. The molecule has 0 spiro atoms. The van der Waals surface area contributed by atoms with Crippen LogP contribution in [0.25, 0.3) is 0 Å². The van der Waals surface area contributed by atoms with E-state index in [0.717, 1.165) is 31.2 Å². The minimum atomic E-state index is -0.750. The van der Waals surface area contributed by atoms with Crippen LogP contribution in [0.5, 0.6) is 0 Å². The Morgan fingerprint density at radius 3 is 2.22 bits per heavy atom. The van der Waals surface area contributed by atoms with Crippen molar-refractivity contribution in [3.63, 3.8) is 0 Å². The zero-order valence-electron chi connectivity index (χ0n) is 13.9. The summed E-state index contributed by atoms with van der Waals surface area (Å²) in [5.41, 5.74) is 0.0833. The molecule has 5 heteroatoms. The van der Waals surface area contributed by atoms with Gasteiger partial charge in [-0.15, -0.1) is 0 Å². The van der Waals surface area contributed by atoms with Crippen molar-refractivity contribution in [2.24, 2.45) is 0 Å². The first kappa shape index (κ1) is 19.1. The van der Waals surface area contributed by atoms with Crippen molar-refractivity contribution in [1.29, 1.82) is 0 Å². The maximum absolute atomic E-state index is 13.0. The highest BCUT2D eigenvalue weighted by atomic mass is 19.1. The maximum Gasteiger partial charge on any atom is 0.303 e. The van der Waals surface area contributed by atoms with Crippen molar-refractivity contribution >= 4 is 11.9 Å². The number of aliphatic carboxylic acids is 1.